The fourth-order valence-corrected chi connectivity index (χ4v) is 1.41. The summed E-state index contributed by atoms with van der Waals surface area (Å²) in [7, 11) is 0. The Morgan fingerprint density at radius 2 is 2.50 bits per heavy atom. The number of carbonyl (C=O) groups excluding carboxylic acids is 1. The van der Waals surface area contributed by atoms with Gasteiger partial charge in [0, 0.05) is 12.1 Å². The van der Waals surface area contributed by atoms with Crippen molar-refractivity contribution in [2.75, 3.05) is 19.8 Å². The molecule has 0 saturated heterocycles. The van der Waals surface area contributed by atoms with Gasteiger partial charge in [-0.05, 0) is 19.9 Å². The van der Waals surface area contributed by atoms with Crippen molar-refractivity contribution in [3.05, 3.63) is 30.3 Å². The minimum atomic E-state index is -0.373. The third-order valence-corrected chi connectivity index (χ3v) is 2.25. The highest BCUT2D eigenvalue weighted by atomic mass is 16.5. The molecule has 0 fully saturated rings. The average molecular weight is 253 g/mol. The Bertz CT molecular complexity index is 376. The number of carbonyl (C=O) groups is 1. The zero-order valence-electron chi connectivity index (χ0n) is 10.6. The summed E-state index contributed by atoms with van der Waals surface area (Å²) in [5.41, 5.74) is 1.21. The van der Waals surface area contributed by atoms with Crippen LogP contribution in [0.2, 0.25) is 0 Å². The lowest BCUT2D eigenvalue weighted by molar-refractivity contribution is 0.0518. The third-order valence-electron chi connectivity index (χ3n) is 2.25. The number of nitrogens with one attached hydrogen (secondary N) is 2. The molecule has 0 aliphatic heterocycles. The monoisotopic (exact) mass is 253 g/mol. The van der Waals surface area contributed by atoms with E-state index in [9.17, 15) is 4.79 Å². The van der Waals surface area contributed by atoms with Crippen LogP contribution in [0.25, 0.3) is 0 Å². The standard InChI is InChI=1S/C12H19N3O3/c1-3-17-7-5-6-13-8-10-9-14-15-11(10)12(16)18-4-2/h3,9,13H,1,4-8H2,2H3,(H,14,15). The Hall–Kier alpha value is -1.82. The molecular weight excluding hydrogens is 234 g/mol. The molecule has 0 unspecified atom stereocenters. The number of hydrogen-bond donors (Lipinski definition) is 2. The molecular formula is C12H19N3O3. The van der Waals surface area contributed by atoms with Crippen molar-refractivity contribution in [2.45, 2.75) is 19.9 Å². The zero-order valence-corrected chi connectivity index (χ0v) is 10.6. The molecule has 18 heavy (non-hydrogen) atoms. The van der Waals surface area contributed by atoms with E-state index in [2.05, 4.69) is 22.1 Å². The first-order chi connectivity index (χ1) is 8.79. The van der Waals surface area contributed by atoms with Gasteiger partial charge in [-0.3, -0.25) is 5.10 Å². The normalized spacial score (nSPS) is 10.1. The molecule has 0 atom stereocenters. The molecule has 1 aromatic heterocycles. The molecule has 0 radical (unpaired) electrons. The summed E-state index contributed by atoms with van der Waals surface area (Å²) >= 11 is 0. The second-order valence-corrected chi connectivity index (χ2v) is 3.56. The zero-order chi connectivity index (χ0) is 13.2. The number of ether oxygens (including phenoxy) is 2. The predicted molar refractivity (Wildman–Crippen MR) is 67.0 cm³/mol. The highest BCUT2D eigenvalue weighted by Crippen LogP contribution is 2.06. The lowest BCUT2D eigenvalue weighted by atomic mass is 10.2. The first-order valence-corrected chi connectivity index (χ1v) is 5.92. The number of nitrogens with zero attached hydrogens (tertiary/aromatic N) is 1. The largest absolute Gasteiger partial charge is 0.502 e. The second-order valence-electron chi connectivity index (χ2n) is 3.56. The number of aromatic nitrogens is 2. The number of hydrogen-bond acceptors (Lipinski definition) is 5. The molecule has 6 nitrogen and oxygen atoms in total. The van der Waals surface area contributed by atoms with Crippen molar-refractivity contribution in [3.8, 4) is 0 Å². The summed E-state index contributed by atoms with van der Waals surface area (Å²) < 4.78 is 9.91. The molecule has 1 aromatic rings. The molecule has 100 valence electrons. The summed E-state index contributed by atoms with van der Waals surface area (Å²) in [6, 6.07) is 0. The van der Waals surface area contributed by atoms with Gasteiger partial charge in [0.15, 0.2) is 0 Å². The van der Waals surface area contributed by atoms with Crippen LogP contribution in [0, 0.1) is 0 Å². The summed E-state index contributed by atoms with van der Waals surface area (Å²) in [6.07, 6.45) is 3.92. The molecule has 6 heteroatoms. The van der Waals surface area contributed by atoms with Gasteiger partial charge in [0.05, 0.1) is 25.7 Å². The second kappa shape index (κ2) is 8.30. The average Bonchev–Trinajstić information content (AvgIpc) is 2.82. The van der Waals surface area contributed by atoms with Crippen LogP contribution in [-0.4, -0.2) is 35.9 Å². The summed E-state index contributed by atoms with van der Waals surface area (Å²) in [4.78, 5) is 11.5. The van der Waals surface area contributed by atoms with Gasteiger partial charge < -0.3 is 14.8 Å². The number of aromatic amines is 1. The Morgan fingerprint density at radius 3 is 3.22 bits per heavy atom. The van der Waals surface area contributed by atoms with Crippen molar-refractivity contribution in [2.24, 2.45) is 0 Å². The van der Waals surface area contributed by atoms with Gasteiger partial charge >= 0.3 is 5.97 Å². The molecule has 1 rings (SSSR count). The van der Waals surface area contributed by atoms with E-state index < -0.39 is 0 Å². The molecule has 0 spiro atoms. The van der Waals surface area contributed by atoms with Crippen LogP contribution < -0.4 is 5.32 Å². The molecule has 0 aliphatic carbocycles. The Labute approximate surface area is 106 Å². The molecule has 0 bridgehead atoms. The number of esters is 1. The van der Waals surface area contributed by atoms with Crippen molar-refractivity contribution in [1.29, 1.82) is 0 Å². The highest BCUT2D eigenvalue weighted by Gasteiger charge is 2.13. The van der Waals surface area contributed by atoms with E-state index in [1.807, 2.05) is 0 Å². The van der Waals surface area contributed by atoms with E-state index in [-0.39, 0.29) is 5.97 Å². The van der Waals surface area contributed by atoms with Gasteiger partial charge in [-0.2, -0.15) is 5.10 Å². The highest BCUT2D eigenvalue weighted by molar-refractivity contribution is 5.88. The Kier molecular flexibility index (Phi) is 6.56. The third kappa shape index (κ3) is 4.58. The van der Waals surface area contributed by atoms with Gasteiger partial charge in [0.2, 0.25) is 0 Å². The van der Waals surface area contributed by atoms with Crippen LogP contribution in [0.1, 0.15) is 29.4 Å². The maximum absolute atomic E-state index is 11.5. The number of rotatable bonds is 9. The van der Waals surface area contributed by atoms with Crippen LogP contribution in [0.15, 0.2) is 19.0 Å². The first kappa shape index (κ1) is 14.2. The van der Waals surface area contributed by atoms with Crippen molar-refractivity contribution < 1.29 is 14.3 Å². The SMILES string of the molecule is C=COCCCNCc1cn[nH]c1C(=O)OCC. The van der Waals surface area contributed by atoms with Crippen LogP contribution in [0.5, 0.6) is 0 Å². The maximum Gasteiger partial charge on any atom is 0.356 e. The van der Waals surface area contributed by atoms with Crippen LogP contribution in [0.4, 0.5) is 0 Å². The van der Waals surface area contributed by atoms with Crippen molar-refractivity contribution in [1.82, 2.24) is 15.5 Å². The van der Waals surface area contributed by atoms with E-state index in [1.54, 1.807) is 13.1 Å². The molecule has 1 heterocycles. The van der Waals surface area contributed by atoms with Gasteiger partial charge in [0.1, 0.15) is 5.69 Å². The molecule has 2 N–H and O–H groups in total. The first-order valence-electron chi connectivity index (χ1n) is 5.92. The fraction of sp³-hybridized carbons (Fsp3) is 0.500. The molecule has 0 aromatic carbocycles. The van der Waals surface area contributed by atoms with E-state index in [0.29, 0.717) is 25.5 Å². The van der Waals surface area contributed by atoms with Gasteiger partial charge in [-0.1, -0.05) is 6.58 Å². The molecule has 0 saturated carbocycles. The molecule has 0 aliphatic rings. The van der Waals surface area contributed by atoms with E-state index in [1.165, 1.54) is 6.26 Å². The minimum absolute atomic E-state index is 0.351. The van der Waals surface area contributed by atoms with Crippen molar-refractivity contribution >= 4 is 5.97 Å². The maximum atomic E-state index is 11.5. The minimum Gasteiger partial charge on any atom is -0.502 e. The van der Waals surface area contributed by atoms with Gasteiger partial charge in [-0.15, -0.1) is 0 Å². The van der Waals surface area contributed by atoms with Crippen LogP contribution >= 0.6 is 0 Å². The van der Waals surface area contributed by atoms with Crippen LogP contribution in [0.3, 0.4) is 0 Å². The van der Waals surface area contributed by atoms with E-state index >= 15 is 0 Å². The van der Waals surface area contributed by atoms with E-state index in [4.69, 9.17) is 9.47 Å². The smallest absolute Gasteiger partial charge is 0.356 e. The Morgan fingerprint density at radius 1 is 1.67 bits per heavy atom. The summed E-state index contributed by atoms with van der Waals surface area (Å²) in [6.45, 7) is 7.57. The van der Waals surface area contributed by atoms with E-state index in [0.717, 1.165) is 18.5 Å². The van der Waals surface area contributed by atoms with Crippen molar-refractivity contribution in [3.63, 3.8) is 0 Å². The summed E-state index contributed by atoms with van der Waals surface area (Å²) in [5.74, 6) is -0.373. The van der Waals surface area contributed by atoms with Gasteiger partial charge in [-0.25, -0.2) is 4.79 Å². The molecule has 0 amide bonds. The number of H-pyrrole nitrogens is 1. The fourth-order valence-electron chi connectivity index (χ4n) is 1.41. The van der Waals surface area contributed by atoms with Gasteiger partial charge in [0.25, 0.3) is 0 Å². The lowest BCUT2D eigenvalue weighted by Crippen LogP contribution is -2.18. The van der Waals surface area contributed by atoms with Crippen LogP contribution in [-0.2, 0) is 16.0 Å². The quantitative estimate of drug-likeness (QED) is 0.393. The topological polar surface area (TPSA) is 76.2 Å². The summed E-state index contributed by atoms with van der Waals surface area (Å²) in [5, 5.41) is 9.70. The Balaban J connectivity index is 2.31. The predicted octanol–water partition coefficient (Wildman–Crippen LogP) is 1.23. The lowest BCUT2D eigenvalue weighted by Gasteiger charge is -2.05.